The highest BCUT2D eigenvalue weighted by Crippen LogP contribution is 2.32. The molecule has 1 aliphatic rings. The monoisotopic (exact) mass is 340 g/mol. The van der Waals surface area contributed by atoms with Gasteiger partial charge in [0, 0.05) is 24.9 Å². The number of piperidine rings is 1. The summed E-state index contributed by atoms with van der Waals surface area (Å²) in [5.74, 6) is 1.83. The molecule has 24 heavy (non-hydrogen) atoms. The average Bonchev–Trinajstić information content (AvgIpc) is 3.25. The molecule has 0 saturated carbocycles. The lowest BCUT2D eigenvalue weighted by molar-refractivity contribution is 0.193. The molecule has 0 aliphatic carbocycles. The van der Waals surface area contributed by atoms with Crippen molar-refractivity contribution >= 4 is 11.3 Å². The third kappa shape index (κ3) is 3.25. The normalized spacial score (nSPS) is 16.5. The SMILES string of the molecule is Cc1ccsc1-c1nnc(C2CCN(Cc3ccncc3)CC2)o1. The van der Waals surface area contributed by atoms with E-state index in [9.17, 15) is 0 Å². The van der Waals surface area contributed by atoms with Crippen LogP contribution in [0, 0.1) is 6.92 Å². The predicted molar refractivity (Wildman–Crippen MR) is 93.8 cm³/mol. The smallest absolute Gasteiger partial charge is 0.258 e. The van der Waals surface area contributed by atoms with Crippen LogP contribution in [0.5, 0.6) is 0 Å². The first-order chi connectivity index (χ1) is 11.8. The Hall–Kier alpha value is -2.05. The maximum absolute atomic E-state index is 5.96. The fourth-order valence-electron chi connectivity index (χ4n) is 3.17. The van der Waals surface area contributed by atoms with E-state index in [4.69, 9.17) is 4.42 Å². The molecule has 0 amide bonds. The quantitative estimate of drug-likeness (QED) is 0.721. The highest BCUT2D eigenvalue weighted by atomic mass is 32.1. The fourth-order valence-corrected chi connectivity index (χ4v) is 4.01. The summed E-state index contributed by atoms with van der Waals surface area (Å²) in [6.07, 6.45) is 5.84. The molecule has 3 aromatic rings. The lowest BCUT2D eigenvalue weighted by atomic mass is 9.96. The minimum Gasteiger partial charge on any atom is -0.420 e. The Morgan fingerprint density at radius 3 is 2.67 bits per heavy atom. The number of likely N-dealkylation sites (tertiary alicyclic amines) is 1. The van der Waals surface area contributed by atoms with Crippen LogP contribution in [0.3, 0.4) is 0 Å². The van der Waals surface area contributed by atoms with Gasteiger partial charge in [0.2, 0.25) is 5.89 Å². The van der Waals surface area contributed by atoms with Crippen LogP contribution >= 0.6 is 11.3 Å². The van der Waals surface area contributed by atoms with E-state index in [-0.39, 0.29) is 0 Å². The summed E-state index contributed by atoms with van der Waals surface area (Å²) < 4.78 is 5.96. The van der Waals surface area contributed by atoms with Crippen molar-refractivity contribution in [2.24, 2.45) is 0 Å². The van der Waals surface area contributed by atoms with Crippen LogP contribution in [-0.2, 0) is 6.54 Å². The molecule has 0 spiro atoms. The first kappa shape index (κ1) is 15.5. The number of pyridine rings is 1. The Morgan fingerprint density at radius 1 is 1.17 bits per heavy atom. The Bertz CT molecular complexity index is 790. The van der Waals surface area contributed by atoms with Gasteiger partial charge in [-0.05, 0) is 67.6 Å². The molecule has 4 heterocycles. The van der Waals surface area contributed by atoms with Crippen LogP contribution in [0.1, 0.15) is 35.8 Å². The maximum Gasteiger partial charge on any atom is 0.258 e. The zero-order valence-electron chi connectivity index (χ0n) is 13.7. The molecule has 4 rings (SSSR count). The lowest BCUT2D eigenvalue weighted by Crippen LogP contribution is -2.32. The Balaban J connectivity index is 1.38. The van der Waals surface area contributed by atoms with Crippen LogP contribution in [0.2, 0.25) is 0 Å². The summed E-state index contributed by atoms with van der Waals surface area (Å²) in [5, 5.41) is 10.6. The second-order valence-electron chi connectivity index (χ2n) is 6.28. The van der Waals surface area contributed by atoms with Gasteiger partial charge < -0.3 is 4.42 Å². The second-order valence-corrected chi connectivity index (χ2v) is 7.20. The van der Waals surface area contributed by atoms with Crippen molar-refractivity contribution in [1.82, 2.24) is 20.1 Å². The Morgan fingerprint density at radius 2 is 1.96 bits per heavy atom. The second kappa shape index (κ2) is 6.83. The van der Waals surface area contributed by atoms with Crippen molar-refractivity contribution in [1.29, 1.82) is 0 Å². The van der Waals surface area contributed by atoms with Gasteiger partial charge in [-0.2, -0.15) is 0 Å². The molecular weight excluding hydrogens is 320 g/mol. The van der Waals surface area contributed by atoms with E-state index in [1.807, 2.05) is 12.4 Å². The summed E-state index contributed by atoms with van der Waals surface area (Å²) in [6.45, 7) is 5.18. The van der Waals surface area contributed by atoms with Gasteiger partial charge in [-0.15, -0.1) is 21.5 Å². The van der Waals surface area contributed by atoms with Crippen LogP contribution in [0.15, 0.2) is 40.4 Å². The van der Waals surface area contributed by atoms with Gasteiger partial charge in [-0.3, -0.25) is 9.88 Å². The fraction of sp³-hybridized carbons (Fsp3) is 0.389. The number of hydrogen-bond acceptors (Lipinski definition) is 6. The average molecular weight is 340 g/mol. The van der Waals surface area contributed by atoms with E-state index in [0.29, 0.717) is 11.8 Å². The molecule has 0 aromatic carbocycles. The van der Waals surface area contributed by atoms with Crippen LogP contribution in [0.4, 0.5) is 0 Å². The number of rotatable bonds is 4. The molecule has 3 aromatic heterocycles. The highest BCUT2D eigenvalue weighted by Gasteiger charge is 2.25. The third-order valence-corrected chi connectivity index (χ3v) is 5.59. The van der Waals surface area contributed by atoms with E-state index in [2.05, 4.69) is 50.6 Å². The van der Waals surface area contributed by atoms with Crippen LogP contribution in [-0.4, -0.2) is 33.2 Å². The van der Waals surface area contributed by atoms with Crippen molar-refractivity contribution in [2.45, 2.75) is 32.2 Å². The van der Waals surface area contributed by atoms with Gasteiger partial charge in [0.25, 0.3) is 5.89 Å². The molecule has 0 bridgehead atoms. The van der Waals surface area contributed by atoms with Crippen LogP contribution < -0.4 is 0 Å². The van der Waals surface area contributed by atoms with Gasteiger partial charge >= 0.3 is 0 Å². The minimum absolute atomic E-state index is 0.375. The molecule has 0 radical (unpaired) electrons. The van der Waals surface area contributed by atoms with Gasteiger partial charge in [0.05, 0.1) is 4.88 Å². The first-order valence-electron chi connectivity index (χ1n) is 8.29. The molecule has 5 nitrogen and oxygen atoms in total. The molecule has 6 heteroatoms. The van der Waals surface area contributed by atoms with Gasteiger partial charge in [-0.1, -0.05) is 0 Å². The zero-order valence-corrected chi connectivity index (χ0v) is 14.5. The van der Waals surface area contributed by atoms with E-state index in [1.54, 1.807) is 11.3 Å². The largest absolute Gasteiger partial charge is 0.420 e. The number of aromatic nitrogens is 3. The van der Waals surface area contributed by atoms with Gasteiger partial charge in [0.15, 0.2) is 0 Å². The molecule has 1 saturated heterocycles. The van der Waals surface area contributed by atoms with Crippen molar-refractivity contribution in [3.8, 4) is 10.8 Å². The zero-order chi connectivity index (χ0) is 16.4. The molecule has 0 atom stereocenters. The summed E-state index contributed by atoms with van der Waals surface area (Å²) in [7, 11) is 0. The third-order valence-electron chi connectivity index (χ3n) is 4.59. The number of aryl methyl sites for hydroxylation is 1. The van der Waals surface area contributed by atoms with Gasteiger partial charge in [-0.25, -0.2) is 0 Å². The van der Waals surface area contributed by atoms with Crippen molar-refractivity contribution < 1.29 is 4.42 Å². The standard InChI is InChI=1S/C18H20N4OS/c1-13-6-11-24-16(13)18-21-20-17(23-18)15-4-9-22(10-5-15)12-14-2-7-19-8-3-14/h2-3,6-8,11,15H,4-5,9-10,12H2,1H3. The molecule has 0 unspecified atom stereocenters. The van der Waals surface area contributed by atoms with Crippen LogP contribution in [0.25, 0.3) is 10.8 Å². The number of hydrogen-bond donors (Lipinski definition) is 0. The van der Waals surface area contributed by atoms with E-state index >= 15 is 0 Å². The van der Waals surface area contributed by atoms with Gasteiger partial charge in [0.1, 0.15) is 0 Å². The van der Waals surface area contributed by atoms with Crippen molar-refractivity contribution in [3.05, 3.63) is 53.0 Å². The Kier molecular flexibility index (Phi) is 4.40. The molecule has 1 fully saturated rings. The summed E-state index contributed by atoms with van der Waals surface area (Å²) >= 11 is 1.65. The van der Waals surface area contributed by atoms with E-state index in [1.165, 1.54) is 11.1 Å². The highest BCUT2D eigenvalue weighted by molar-refractivity contribution is 7.13. The molecule has 1 aliphatic heterocycles. The number of nitrogens with zero attached hydrogens (tertiary/aromatic N) is 4. The minimum atomic E-state index is 0.375. The molecule has 124 valence electrons. The topological polar surface area (TPSA) is 55.1 Å². The summed E-state index contributed by atoms with van der Waals surface area (Å²) in [5.41, 5.74) is 2.51. The first-order valence-corrected chi connectivity index (χ1v) is 9.16. The maximum atomic E-state index is 5.96. The van der Waals surface area contributed by atoms with Crippen molar-refractivity contribution in [2.75, 3.05) is 13.1 Å². The Labute approximate surface area is 145 Å². The predicted octanol–water partition coefficient (Wildman–Crippen LogP) is 3.88. The molecular formula is C18H20N4OS. The summed E-state index contributed by atoms with van der Waals surface area (Å²) in [4.78, 5) is 7.64. The number of thiophene rings is 1. The van der Waals surface area contributed by atoms with E-state index < -0.39 is 0 Å². The van der Waals surface area contributed by atoms with Crippen molar-refractivity contribution in [3.63, 3.8) is 0 Å². The van der Waals surface area contributed by atoms with E-state index in [0.717, 1.165) is 43.2 Å². The molecule has 0 N–H and O–H groups in total. The lowest BCUT2D eigenvalue weighted by Gasteiger charge is -2.30. The summed E-state index contributed by atoms with van der Waals surface area (Å²) in [6, 6.07) is 6.25.